The van der Waals surface area contributed by atoms with Gasteiger partial charge in [0.25, 0.3) is 0 Å². The molecule has 0 aliphatic heterocycles. The van der Waals surface area contributed by atoms with Crippen molar-refractivity contribution in [3.63, 3.8) is 0 Å². The van der Waals surface area contributed by atoms with Crippen molar-refractivity contribution in [2.75, 3.05) is 20.6 Å². The zero-order valence-electron chi connectivity index (χ0n) is 12.8. The number of hydrogen-bond acceptors (Lipinski definition) is 2. The summed E-state index contributed by atoms with van der Waals surface area (Å²) in [6.07, 6.45) is 2.26. The SMILES string of the molecule is CCC(C)(C)N(C)CCC(NC)c1ccc(Cl)cc1. The van der Waals surface area contributed by atoms with Crippen LogP contribution in [-0.4, -0.2) is 31.1 Å². The van der Waals surface area contributed by atoms with Crippen LogP contribution in [0.25, 0.3) is 0 Å². The molecule has 0 aliphatic carbocycles. The summed E-state index contributed by atoms with van der Waals surface area (Å²) in [6, 6.07) is 8.51. The smallest absolute Gasteiger partial charge is 0.0406 e. The maximum Gasteiger partial charge on any atom is 0.0406 e. The lowest BCUT2D eigenvalue weighted by Gasteiger charge is -2.35. The number of hydrogen-bond donors (Lipinski definition) is 1. The predicted molar refractivity (Wildman–Crippen MR) is 84.9 cm³/mol. The normalized spacial score (nSPS) is 13.8. The molecular weight excluding hydrogens is 256 g/mol. The molecule has 0 saturated heterocycles. The molecule has 2 nitrogen and oxygen atoms in total. The molecule has 0 aliphatic rings. The number of nitrogens with one attached hydrogen (secondary N) is 1. The first-order chi connectivity index (χ1) is 8.90. The second kappa shape index (κ2) is 7.28. The molecule has 1 rings (SSSR count). The predicted octanol–water partition coefficient (Wildman–Crippen LogP) is 4.11. The molecule has 1 aromatic carbocycles. The van der Waals surface area contributed by atoms with Crippen LogP contribution in [0.4, 0.5) is 0 Å². The van der Waals surface area contributed by atoms with Gasteiger partial charge in [0, 0.05) is 23.1 Å². The minimum Gasteiger partial charge on any atom is -0.313 e. The minimum absolute atomic E-state index is 0.262. The van der Waals surface area contributed by atoms with Gasteiger partial charge in [0.2, 0.25) is 0 Å². The van der Waals surface area contributed by atoms with Gasteiger partial charge in [-0.25, -0.2) is 0 Å². The standard InChI is InChI=1S/C16H27ClN2/c1-6-16(2,3)19(5)12-11-15(18-4)13-7-9-14(17)10-8-13/h7-10,15,18H,6,11-12H2,1-5H3. The molecule has 108 valence electrons. The summed E-state index contributed by atoms with van der Waals surface area (Å²) in [7, 11) is 4.22. The van der Waals surface area contributed by atoms with Gasteiger partial charge in [-0.3, -0.25) is 0 Å². The lowest BCUT2D eigenvalue weighted by atomic mass is 9.98. The highest BCUT2D eigenvalue weighted by Gasteiger charge is 2.21. The molecule has 0 aromatic heterocycles. The summed E-state index contributed by atoms with van der Waals surface area (Å²) in [5, 5.41) is 4.19. The van der Waals surface area contributed by atoms with Crippen molar-refractivity contribution in [3.8, 4) is 0 Å². The summed E-state index contributed by atoms with van der Waals surface area (Å²) in [5.74, 6) is 0. The van der Waals surface area contributed by atoms with Crippen molar-refractivity contribution in [1.82, 2.24) is 10.2 Å². The molecule has 19 heavy (non-hydrogen) atoms. The van der Waals surface area contributed by atoms with E-state index in [9.17, 15) is 0 Å². The van der Waals surface area contributed by atoms with E-state index in [1.807, 2.05) is 19.2 Å². The Morgan fingerprint density at radius 2 is 1.84 bits per heavy atom. The van der Waals surface area contributed by atoms with E-state index in [1.165, 1.54) is 5.56 Å². The average molecular weight is 283 g/mol. The van der Waals surface area contributed by atoms with Gasteiger partial charge >= 0.3 is 0 Å². The Kier molecular flexibility index (Phi) is 6.31. The topological polar surface area (TPSA) is 15.3 Å². The van der Waals surface area contributed by atoms with Crippen LogP contribution >= 0.6 is 11.6 Å². The lowest BCUT2D eigenvalue weighted by molar-refractivity contribution is 0.144. The zero-order valence-corrected chi connectivity index (χ0v) is 13.6. The van der Waals surface area contributed by atoms with Crippen LogP contribution in [0.15, 0.2) is 24.3 Å². The summed E-state index contributed by atoms with van der Waals surface area (Å²) in [6.45, 7) is 7.91. The summed E-state index contributed by atoms with van der Waals surface area (Å²) >= 11 is 5.94. The van der Waals surface area contributed by atoms with E-state index in [1.54, 1.807) is 0 Å². The summed E-state index contributed by atoms with van der Waals surface area (Å²) in [5.41, 5.74) is 1.56. The van der Waals surface area contributed by atoms with E-state index < -0.39 is 0 Å². The third kappa shape index (κ3) is 4.79. The van der Waals surface area contributed by atoms with Crippen molar-refractivity contribution in [1.29, 1.82) is 0 Å². The van der Waals surface area contributed by atoms with E-state index in [4.69, 9.17) is 11.6 Å². The Labute approximate surface area is 123 Å². The van der Waals surface area contributed by atoms with E-state index in [0.717, 1.165) is 24.4 Å². The fraction of sp³-hybridized carbons (Fsp3) is 0.625. The van der Waals surface area contributed by atoms with Crippen molar-refractivity contribution in [2.45, 2.75) is 45.2 Å². The van der Waals surface area contributed by atoms with Gasteiger partial charge in [0.05, 0.1) is 0 Å². The average Bonchev–Trinajstić information content (AvgIpc) is 2.41. The maximum atomic E-state index is 5.94. The second-order valence-electron chi connectivity index (χ2n) is 5.77. The molecule has 0 radical (unpaired) electrons. The van der Waals surface area contributed by atoms with Crippen molar-refractivity contribution < 1.29 is 0 Å². The number of benzene rings is 1. The highest BCUT2D eigenvalue weighted by atomic mass is 35.5. The summed E-state index contributed by atoms with van der Waals surface area (Å²) in [4.78, 5) is 2.44. The maximum absolute atomic E-state index is 5.94. The molecule has 0 saturated carbocycles. The van der Waals surface area contributed by atoms with Crippen molar-refractivity contribution in [2.24, 2.45) is 0 Å². The number of halogens is 1. The Balaban J connectivity index is 2.61. The van der Waals surface area contributed by atoms with Gasteiger partial charge in [-0.05, 0) is 58.5 Å². The first-order valence-corrected chi connectivity index (χ1v) is 7.42. The first-order valence-electron chi connectivity index (χ1n) is 7.04. The molecule has 0 spiro atoms. The van der Waals surface area contributed by atoms with Crippen LogP contribution in [0.3, 0.4) is 0 Å². The van der Waals surface area contributed by atoms with Crippen LogP contribution in [0.2, 0.25) is 5.02 Å². The highest BCUT2D eigenvalue weighted by molar-refractivity contribution is 6.30. The monoisotopic (exact) mass is 282 g/mol. The van der Waals surface area contributed by atoms with Crippen LogP contribution in [0, 0.1) is 0 Å². The molecule has 0 heterocycles. The molecule has 0 amide bonds. The Hall–Kier alpha value is -0.570. The molecule has 0 fully saturated rings. The van der Waals surface area contributed by atoms with Gasteiger partial charge in [0.1, 0.15) is 0 Å². The lowest BCUT2D eigenvalue weighted by Crippen LogP contribution is -2.41. The molecule has 0 bridgehead atoms. The van der Waals surface area contributed by atoms with Gasteiger partial charge < -0.3 is 10.2 Å². The fourth-order valence-electron chi connectivity index (χ4n) is 2.07. The third-order valence-electron chi connectivity index (χ3n) is 4.27. The summed E-state index contributed by atoms with van der Waals surface area (Å²) < 4.78 is 0. The van der Waals surface area contributed by atoms with Crippen LogP contribution in [0.1, 0.15) is 45.2 Å². The quantitative estimate of drug-likeness (QED) is 0.810. The van der Waals surface area contributed by atoms with Crippen molar-refractivity contribution >= 4 is 11.6 Å². The number of nitrogens with zero attached hydrogens (tertiary/aromatic N) is 1. The first kappa shape index (κ1) is 16.5. The molecule has 1 atom stereocenters. The molecule has 1 unspecified atom stereocenters. The Morgan fingerprint density at radius 1 is 1.26 bits per heavy atom. The van der Waals surface area contributed by atoms with Crippen LogP contribution in [-0.2, 0) is 0 Å². The fourth-order valence-corrected chi connectivity index (χ4v) is 2.19. The second-order valence-corrected chi connectivity index (χ2v) is 6.21. The van der Waals surface area contributed by atoms with E-state index in [0.29, 0.717) is 6.04 Å². The van der Waals surface area contributed by atoms with Gasteiger partial charge in [-0.1, -0.05) is 30.7 Å². The van der Waals surface area contributed by atoms with Gasteiger partial charge in [-0.15, -0.1) is 0 Å². The van der Waals surface area contributed by atoms with Crippen molar-refractivity contribution in [3.05, 3.63) is 34.9 Å². The largest absolute Gasteiger partial charge is 0.313 e. The Morgan fingerprint density at radius 3 is 2.32 bits per heavy atom. The molecular formula is C16H27ClN2. The minimum atomic E-state index is 0.262. The molecule has 3 heteroatoms. The van der Waals surface area contributed by atoms with Crippen LogP contribution < -0.4 is 5.32 Å². The van der Waals surface area contributed by atoms with Crippen LogP contribution in [0.5, 0.6) is 0 Å². The van der Waals surface area contributed by atoms with E-state index in [-0.39, 0.29) is 5.54 Å². The third-order valence-corrected chi connectivity index (χ3v) is 4.52. The van der Waals surface area contributed by atoms with E-state index >= 15 is 0 Å². The molecule has 1 N–H and O–H groups in total. The van der Waals surface area contributed by atoms with Gasteiger partial charge in [0.15, 0.2) is 0 Å². The Bertz CT molecular complexity index is 373. The van der Waals surface area contributed by atoms with Gasteiger partial charge in [-0.2, -0.15) is 0 Å². The van der Waals surface area contributed by atoms with E-state index in [2.05, 4.69) is 50.2 Å². The molecule has 1 aromatic rings. The zero-order chi connectivity index (χ0) is 14.5. The number of rotatable bonds is 7. The highest BCUT2D eigenvalue weighted by Crippen LogP contribution is 2.22.